The van der Waals surface area contributed by atoms with E-state index in [2.05, 4.69) is 15.2 Å². The summed E-state index contributed by atoms with van der Waals surface area (Å²) < 4.78 is 29.8. The van der Waals surface area contributed by atoms with Crippen LogP contribution in [-0.2, 0) is 11.3 Å². The quantitative estimate of drug-likeness (QED) is 0.924. The lowest BCUT2D eigenvalue weighted by molar-refractivity contribution is -0.116. The number of aromatic nitrogens is 2. The highest BCUT2D eigenvalue weighted by Crippen LogP contribution is 2.28. The summed E-state index contributed by atoms with van der Waals surface area (Å²) in [5.74, 6) is -0.459. The molecule has 0 atom stereocenters. The Bertz CT molecular complexity index is 590. The monoisotopic (exact) mass is 301 g/mol. The molecule has 2 aromatic rings. The minimum absolute atomic E-state index is 0.0119. The lowest BCUT2D eigenvalue weighted by Crippen LogP contribution is -2.19. The molecule has 0 unspecified atom stereocenters. The number of alkyl halides is 2. The van der Waals surface area contributed by atoms with E-state index in [1.807, 2.05) is 0 Å². The molecule has 0 fully saturated rings. The summed E-state index contributed by atoms with van der Waals surface area (Å²) in [6.07, 6.45) is 3.20. The molecule has 0 aliphatic rings. The van der Waals surface area contributed by atoms with Crippen LogP contribution in [0.3, 0.4) is 0 Å². The van der Waals surface area contributed by atoms with Crippen molar-refractivity contribution in [3.63, 3.8) is 0 Å². The van der Waals surface area contributed by atoms with Crippen molar-refractivity contribution >= 4 is 23.2 Å². The number of nitrogens with zero attached hydrogens (tertiary/aromatic N) is 2. The first-order valence-corrected chi connectivity index (χ1v) is 5.94. The number of hydrogen-bond donors (Lipinski definition) is 1. The van der Waals surface area contributed by atoms with E-state index < -0.39 is 6.61 Å². The molecule has 0 aliphatic heterocycles. The second kappa shape index (κ2) is 6.33. The van der Waals surface area contributed by atoms with Crippen LogP contribution in [-0.4, -0.2) is 22.3 Å². The fraction of sp³-hybridized carbons (Fsp3) is 0.167. The average molecular weight is 302 g/mol. The van der Waals surface area contributed by atoms with Gasteiger partial charge >= 0.3 is 6.61 Å². The standard InChI is InChI=1S/C12H10ClF2N3O2/c13-9-6-8(2-3-10(9)20-12(14)15)17-11(19)7-18-5-1-4-16-18/h1-6,12H,7H2,(H,17,19). The van der Waals surface area contributed by atoms with Crippen LogP contribution in [0.15, 0.2) is 36.7 Å². The highest BCUT2D eigenvalue weighted by Gasteiger charge is 2.10. The minimum atomic E-state index is -2.95. The minimum Gasteiger partial charge on any atom is -0.433 e. The Hall–Kier alpha value is -2.15. The van der Waals surface area contributed by atoms with Gasteiger partial charge in [0.2, 0.25) is 5.91 Å². The van der Waals surface area contributed by atoms with Crippen molar-refractivity contribution in [2.75, 3.05) is 5.32 Å². The molecule has 1 N–H and O–H groups in total. The summed E-state index contributed by atoms with van der Waals surface area (Å²) in [4.78, 5) is 11.7. The molecule has 0 radical (unpaired) electrons. The van der Waals surface area contributed by atoms with Crippen molar-refractivity contribution in [2.24, 2.45) is 0 Å². The third-order valence-corrected chi connectivity index (χ3v) is 2.59. The zero-order valence-electron chi connectivity index (χ0n) is 10.1. The zero-order valence-corrected chi connectivity index (χ0v) is 10.8. The van der Waals surface area contributed by atoms with Gasteiger partial charge in [0, 0.05) is 18.1 Å². The first kappa shape index (κ1) is 14.3. The van der Waals surface area contributed by atoms with Crippen molar-refractivity contribution in [3.8, 4) is 5.75 Å². The fourth-order valence-electron chi connectivity index (χ4n) is 1.51. The maximum atomic E-state index is 12.1. The Labute approximate surface area is 118 Å². The number of anilines is 1. The zero-order chi connectivity index (χ0) is 14.5. The number of halogens is 3. The van der Waals surface area contributed by atoms with Crippen molar-refractivity contribution in [2.45, 2.75) is 13.2 Å². The first-order chi connectivity index (χ1) is 9.54. The largest absolute Gasteiger partial charge is 0.433 e. The highest BCUT2D eigenvalue weighted by molar-refractivity contribution is 6.32. The van der Waals surface area contributed by atoms with Crippen LogP contribution in [0.4, 0.5) is 14.5 Å². The van der Waals surface area contributed by atoms with Gasteiger partial charge in [0.1, 0.15) is 12.3 Å². The highest BCUT2D eigenvalue weighted by atomic mass is 35.5. The number of ether oxygens (including phenoxy) is 1. The molecule has 1 aromatic carbocycles. The van der Waals surface area contributed by atoms with Gasteiger partial charge in [-0.2, -0.15) is 13.9 Å². The number of benzene rings is 1. The van der Waals surface area contributed by atoms with Crippen LogP contribution in [0.1, 0.15) is 0 Å². The molecule has 20 heavy (non-hydrogen) atoms. The van der Waals surface area contributed by atoms with Gasteiger partial charge in [0.05, 0.1) is 5.02 Å². The molecule has 2 rings (SSSR count). The van der Waals surface area contributed by atoms with Crippen LogP contribution in [0.25, 0.3) is 0 Å². The first-order valence-electron chi connectivity index (χ1n) is 5.56. The SMILES string of the molecule is O=C(Cn1cccn1)Nc1ccc(OC(F)F)c(Cl)c1. The van der Waals surface area contributed by atoms with Crippen LogP contribution in [0, 0.1) is 0 Å². The van der Waals surface area contributed by atoms with Gasteiger partial charge in [0.25, 0.3) is 0 Å². The number of rotatable bonds is 5. The third kappa shape index (κ3) is 3.92. The van der Waals surface area contributed by atoms with E-state index >= 15 is 0 Å². The Balaban J connectivity index is 1.99. The Kier molecular flexibility index (Phi) is 4.52. The van der Waals surface area contributed by atoms with E-state index in [-0.39, 0.29) is 23.2 Å². The number of nitrogens with one attached hydrogen (secondary N) is 1. The van der Waals surface area contributed by atoms with Gasteiger partial charge in [0.15, 0.2) is 0 Å². The molecule has 0 bridgehead atoms. The summed E-state index contributed by atoms with van der Waals surface area (Å²) in [6, 6.07) is 5.71. The van der Waals surface area contributed by atoms with Gasteiger partial charge < -0.3 is 10.1 Å². The Morgan fingerprint density at radius 2 is 2.30 bits per heavy atom. The van der Waals surface area contributed by atoms with Gasteiger partial charge in [-0.1, -0.05) is 11.6 Å². The molecular weight excluding hydrogens is 292 g/mol. The predicted octanol–water partition coefficient (Wildman–Crippen LogP) is 2.78. The van der Waals surface area contributed by atoms with E-state index in [0.717, 1.165) is 0 Å². The number of carbonyl (C=O) groups is 1. The van der Waals surface area contributed by atoms with E-state index in [4.69, 9.17) is 11.6 Å². The van der Waals surface area contributed by atoms with Crippen LogP contribution in [0.5, 0.6) is 5.75 Å². The lowest BCUT2D eigenvalue weighted by atomic mass is 10.3. The molecule has 0 saturated carbocycles. The molecule has 0 aliphatic carbocycles. The molecule has 0 spiro atoms. The number of carbonyl (C=O) groups excluding carboxylic acids is 1. The molecule has 5 nitrogen and oxygen atoms in total. The maximum Gasteiger partial charge on any atom is 0.387 e. The summed E-state index contributed by atoms with van der Waals surface area (Å²) in [5, 5.41) is 6.45. The summed E-state index contributed by atoms with van der Waals surface area (Å²) in [6.45, 7) is -2.91. The summed E-state index contributed by atoms with van der Waals surface area (Å²) in [5.41, 5.74) is 0.383. The van der Waals surface area contributed by atoms with Crippen molar-refractivity contribution in [1.29, 1.82) is 0 Å². The number of hydrogen-bond acceptors (Lipinski definition) is 3. The topological polar surface area (TPSA) is 56.2 Å². The molecular formula is C12H10ClF2N3O2. The normalized spacial score (nSPS) is 10.6. The second-order valence-corrected chi connectivity index (χ2v) is 4.18. The van der Waals surface area contributed by atoms with Gasteiger partial charge in [-0.25, -0.2) is 0 Å². The summed E-state index contributed by atoms with van der Waals surface area (Å²) in [7, 11) is 0. The van der Waals surface area contributed by atoms with Crippen LogP contribution < -0.4 is 10.1 Å². The Morgan fingerprint density at radius 1 is 1.50 bits per heavy atom. The lowest BCUT2D eigenvalue weighted by Gasteiger charge is -2.09. The van der Waals surface area contributed by atoms with E-state index in [1.165, 1.54) is 22.9 Å². The van der Waals surface area contributed by atoms with Gasteiger partial charge in [-0.15, -0.1) is 0 Å². The van der Waals surface area contributed by atoms with Crippen LogP contribution in [0.2, 0.25) is 5.02 Å². The van der Waals surface area contributed by atoms with E-state index in [1.54, 1.807) is 18.5 Å². The smallest absolute Gasteiger partial charge is 0.387 e. The Morgan fingerprint density at radius 3 is 2.90 bits per heavy atom. The molecule has 106 valence electrons. The molecule has 1 aromatic heterocycles. The maximum absolute atomic E-state index is 12.1. The molecule has 1 amide bonds. The van der Waals surface area contributed by atoms with Crippen molar-refractivity contribution in [3.05, 3.63) is 41.7 Å². The summed E-state index contributed by atoms with van der Waals surface area (Å²) >= 11 is 5.77. The van der Waals surface area contributed by atoms with Crippen LogP contribution >= 0.6 is 11.6 Å². The van der Waals surface area contributed by atoms with E-state index in [9.17, 15) is 13.6 Å². The van der Waals surface area contributed by atoms with Crippen molar-refractivity contribution in [1.82, 2.24) is 9.78 Å². The second-order valence-electron chi connectivity index (χ2n) is 3.78. The van der Waals surface area contributed by atoms with E-state index in [0.29, 0.717) is 5.69 Å². The fourth-order valence-corrected chi connectivity index (χ4v) is 1.74. The molecule has 1 heterocycles. The van der Waals surface area contributed by atoms with Crippen molar-refractivity contribution < 1.29 is 18.3 Å². The molecule has 0 saturated heterocycles. The molecule has 8 heteroatoms. The average Bonchev–Trinajstić information content (AvgIpc) is 2.85. The third-order valence-electron chi connectivity index (χ3n) is 2.30. The predicted molar refractivity (Wildman–Crippen MR) is 68.9 cm³/mol. The van der Waals surface area contributed by atoms with Gasteiger partial charge in [-0.05, 0) is 24.3 Å². The number of amides is 1. The van der Waals surface area contributed by atoms with Gasteiger partial charge in [-0.3, -0.25) is 9.48 Å².